The summed E-state index contributed by atoms with van der Waals surface area (Å²) < 4.78 is 11.0. The summed E-state index contributed by atoms with van der Waals surface area (Å²) in [7, 11) is 1.80. The van der Waals surface area contributed by atoms with Crippen LogP contribution in [0, 0.1) is 0 Å². The third-order valence-corrected chi connectivity index (χ3v) is 4.80. The van der Waals surface area contributed by atoms with Gasteiger partial charge < -0.3 is 20.1 Å². The van der Waals surface area contributed by atoms with Gasteiger partial charge in [-0.1, -0.05) is 6.92 Å². The molecule has 1 unspecified atom stereocenters. The van der Waals surface area contributed by atoms with Gasteiger partial charge in [0.05, 0.1) is 19.3 Å². The Morgan fingerprint density at radius 2 is 2.27 bits per heavy atom. The highest BCUT2D eigenvalue weighted by molar-refractivity contribution is 7.11. The van der Waals surface area contributed by atoms with Gasteiger partial charge in [0, 0.05) is 36.6 Å². The lowest BCUT2D eigenvalue weighted by Crippen LogP contribution is -2.37. The van der Waals surface area contributed by atoms with Gasteiger partial charge in [0.1, 0.15) is 0 Å². The zero-order valence-electron chi connectivity index (χ0n) is 13.6. The second kappa shape index (κ2) is 9.82. The molecule has 1 fully saturated rings. The molecule has 1 aromatic rings. The van der Waals surface area contributed by atoms with Crippen molar-refractivity contribution in [3.05, 3.63) is 21.9 Å². The van der Waals surface area contributed by atoms with Crippen LogP contribution in [0.1, 0.15) is 29.5 Å². The van der Waals surface area contributed by atoms with E-state index in [-0.39, 0.29) is 0 Å². The van der Waals surface area contributed by atoms with E-state index in [1.54, 1.807) is 7.05 Å². The van der Waals surface area contributed by atoms with Crippen molar-refractivity contribution >= 4 is 17.3 Å². The Bertz CT molecular complexity index is 456. The van der Waals surface area contributed by atoms with Crippen molar-refractivity contribution in [2.45, 2.75) is 38.8 Å². The summed E-state index contributed by atoms with van der Waals surface area (Å²) in [6.45, 7) is 6.21. The van der Waals surface area contributed by atoms with E-state index in [1.165, 1.54) is 9.75 Å². The largest absolute Gasteiger partial charge is 0.379 e. The van der Waals surface area contributed by atoms with Gasteiger partial charge in [0.15, 0.2) is 5.96 Å². The smallest absolute Gasteiger partial charge is 0.191 e. The van der Waals surface area contributed by atoms with Gasteiger partial charge in [-0.15, -0.1) is 11.3 Å². The first-order valence-corrected chi connectivity index (χ1v) is 8.85. The standard InChI is InChI=1S/C16H27N3O2S/c1-3-14-5-6-15(22-14)11-19-16(17-2)18-8-4-9-21-13-7-10-20-12-13/h5-6,13H,3-4,7-12H2,1-2H3,(H2,17,18,19). The second-order valence-corrected chi connectivity index (χ2v) is 6.54. The number of hydrogen-bond donors (Lipinski definition) is 2. The lowest BCUT2D eigenvalue weighted by Gasteiger charge is -2.12. The van der Waals surface area contributed by atoms with Crippen molar-refractivity contribution in [3.63, 3.8) is 0 Å². The lowest BCUT2D eigenvalue weighted by atomic mass is 10.3. The van der Waals surface area contributed by atoms with Crippen LogP contribution in [0.4, 0.5) is 0 Å². The minimum atomic E-state index is 0.295. The summed E-state index contributed by atoms with van der Waals surface area (Å²) in [4.78, 5) is 7.00. The molecule has 0 aliphatic carbocycles. The van der Waals surface area contributed by atoms with Gasteiger partial charge in [-0.05, 0) is 31.4 Å². The Balaban J connectivity index is 1.56. The maximum atomic E-state index is 5.74. The average Bonchev–Trinajstić information content (AvgIpc) is 3.21. The summed E-state index contributed by atoms with van der Waals surface area (Å²) in [5.74, 6) is 0.843. The van der Waals surface area contributed by atoms with Crippen LogP contribution in [-0.4, -0.2) is 45.5 Å². The summed E-state index contributed by atoms with van der Waals surface area (Å²) >= 11 is 1.85. The maximum absolute atomic E-state index is 5.74. The molecule has 1 atom stereocenters. The van der Waals surface area contributed by atoms with E-state index in [1.807, 2.05) is 11.3 Å². The molecule has 1 aliphatic heterocycles. The molecule has 0 saturated carbocycles. The van der Waals surface area contributed by atoms with E-state index in [2.05, 4.69) is 34.7 Å². The van der Waals surface area contributed by atoms with Crippen LogP contribution in [0.3, 0.4) is 0 Å². The Hall–Kier alpha value is -1.11. The molecule has 22 heavy (non-hydrogen) atoms. The molecule has 2 heterocycles. The Kier molecular flexibility index (Phi) is 7.70. The number of aryl methyl sites for hydroxylation is 1. The monoisotopic (exact) mass is 325 g/mol. The molecule has 1 aromatic heterocycles. The summed E-state index contributed by atoms with van der Waals surface area (Å²) in [6.07, 6.45) is 3.39. The van der Waals surface area contributed by atoms with Gasteiger partial charge in [0.25, 0.3) is 0 Å². The number of aliphatic imine (C=N–C) groups is 1. The van der Waals surface area contributed by atoms with E-state index in [0.717, 1.165) is 58.1 Å². The van der Waals surface area contributed by atoms with Gasteiger partial charge in [-0.25, -0.2) is 0 Å². The van der Waals surface area contributed by atoms with E-state index in [9.17, 15) is 0 Å². The number of hydrogen-bond acceptors (Lipinski definition) is 4. The number of thiophene rings is 1. The number of rotatable bonds is 8. The average molecular weight is 325 g/mol. The zero-order valence-corrected chi connectivity index (χ0v) is 14.4. The molecule has 5 nitrogen and oxygen atoms in total. The molecule has 0 radical (unpaired) electrons. The highest BCUT2D eigenvalue weighted by Crippen LogP contribution is 2.16. The first kappa shape index (κ1) is 17.2. The lowest BCUT2D eigenvalue weighted by molar-refractivity contribution is 0.0420. The molecular weight excluding hydrogens is 298 g/mol. The fourth-order valence-electron chi connectivity index (χ4n) is 2.27. The van der Waals surface area contributed by atoms with Gasteiger partial charge >= 0.3 is 0 Å². The van der Waals surface area contributed by atoms with Crippen molar-refractivity contribution in [1.82, 2.24) is 10.6 Å². The molecule has 124 valence electrons. The summed E-state index contributed by atoms with van der Waals surface area (Å²) in [5, 5.41) is 6.66. The van der Waals surface area contributed by atoms with Crippen LogP contribution >= 0.6 is 11.3 Å². The van der Waals surface area contributed by atoms with Crippen molar-refractivity contribution in [2.75, 3.05) is 33.4 Å². The Labute approximate surface area is 137 Å². The van der Waals surface area contributed by atoms with Crippen molar-refractivity contribution in [3.8, 4) is 0 Å². The molecule has 0 spiro atoms. The van der Waals surface area contributed by atoms with E-state index < -0.39 is 0 Å². The SMILES string of the molecule is CCc1ccc(CNC(=NC)NCCCOC2CCOC2)s1. The van der Waals surface area contributed by atoms with Crippen molar-refractivity contribution in [2.24, 2.45) is 4.99 Å². The van der Waals surface area contributed by atoms with Gasteiger partial charge in [-0.2, -0.15) is 0 Å². The van der Waals surface area contributed by atoms with E-state index >= 15 is 0 Å². The third-order valence-electron chi connectivity index (χ3n) is 3.57. The predicted molar refractivity (Wildman–Crippen MR) is 91.7 cm³/mol. The van der Waals surface area contributed by atoms with Crippen LogP contribution in [0.25, 0.3) is 0 Å². The number of ether oxygens (including phenoxy) is 2. The Morgan fingerprint density at radius 1 is 1.41 bits per heavy atom. The van der Waals surface area contributed by atoms with Crippen LogP contribution in [0.2, 0.25) is 0 Å². The number of guanidine groups is 1. The first-order chi connectivity index (χ1) is 10.8. The topological polar surface area (TPSA) is 54.9 Å². The Morgan fingerprint density at radius 3 is 2.95 bits per heavy atom. The zero-order chi connectivity index (χ0) is 15.6. The highest BCUT2D eigenvalue weighted by atomic mass is 32.1. The molecule has 0 bridgehead atoms. The summed E-state index contributed by atoms with van der Waals surface area (Å²) in [6, 6.07) is 4.38. The predicted octanol–water partition coefficient (Wildman–Crippen LogP) is 2.17. The molecule has 1 saturated heterocycles. The molecule has 0 aromatic carbocycles. The molecule has 6 heteroatoms. The van der Waals surface area contributed by atoms with Crippen LogP contribution in [-0.2, 0) is 22.4 Å². The number of nitrogens with one attached hydrogen (secondary N) is 2. The second-order valence-electron chi connectivity index (χ2n) is 5.28. The fraction of sp³-hybridized carbons (Fsp3) is 0.688. The van der Waals surface area contributed by atoms with E-state index in [0.29, 0.717) is 6.10 Å². The minimum Gasteiger partial charge on any atom is -0.379 e. The van der Waals surface area contributed by atoms with Crippen molar-refractivity contribution < 1.29 is 9.47 Å². The maximum Gasteiger partial charge on any atom is 0.191 e. The third kappa shape index (κ3) is 5.94. The molecule has 0 amide bonds. The molecular formula is C16H27N3O2S. The quantitative estimate of drug-likeness (QED) is 0.437. The molecule has 2 rings (SSSR count). The molecule has 1 aliphatic rings. The van der Waals surface area contributed by atoms with Crippen LogP contribution in [0.15, 0.2) is 17.1 Å². The fourth-order valence-corrected chi connectivity index (χ4v) is 3.17. The van der Waals surface area contributed by atoms with Crippen LogP contribution < -0.4 is 10.6 Å². The van der Waals surface area contributed by atoms with Crippen LogP contribution in [0.5, 0.6) is 0 Å². The van der Waals surface area contributed by atoms with Gasteiger partial charge in [0.2, 0.25) is 0 Å². The summed E-state index contributed by atoms with van der Waals surface area (Å²) in [5.41, 5.74) is 0. The normalized spacial score (nSPS) is 18.6. The van der Waals surface area contributed by atoms with Crippen molar-refractivity contribution in [1.29, 1.82) is 0 Å². The van der Waals surface area contributed by atoms with Gasteiger partial charge in [-0.3, -0.25) is 4.99 Å². The minimum absolute atomic E-state index is 0.295. The number of nitrogens with zero attached hydrogens (tertiary/aromatic N) is 1. The first-order valence-electron chi connectivity index (χ1n) is 8.03. The highest BCUT2D eigenvalue weighted by Gasteiger charge is 2.15. The molecule has 2 N–H and O–H groups in total. The van der Waals surface area contributed by atoms with E-state index in [4.69, 9.17) is 9.47 Å².